The van der Waals surface area contributed by atoms with Crippen molar-refractivity contribution in [1.82, 2.24) is 15.2 Å². The zero-order valence-corrected chi connectivity index (χ0v) is 21.9. The molecule has 7 heteroatoms. The topological polar surface area (TPSA) is 77.6 Å². The number of aromatic nitrogens is 1. The van der Waals surface area contributed by atoms with Gasteiger partial charge in [0.2, 0.25) is 0 Å². The SMILES string of the molecule is CC1CCCCN1CCNC(=O)c1ccc(/C=C2\Nc3ccncc3N(CC3CCCCC3)C2=O)cc1. The number of hydrogen-bond acceptors (Lipinski definition) is 5. The minimum Gasteiger partial charge on any atom is -0.351 e. The van der Waals surface area contributed by atoms with Crippen LogP contribution in [0.3, 0.4) is 0 Å². The van der Waals surface area contributed by atoms with Crippen LogP contribution in [-0.2, 0) is 4.79 Å². The summed E-state index contributed by atoms with van der Waals surface area (Å²) in [5, 5.41) is 6.36. The van der Waals surface area contributed by atoms with Gasteiger partial charge in [0.1, 0.15) is 5.70 Å². The van der Waals surface area contributed by atoms with Gasteiger partial charge in [0, 0.05) is 37.4 Å². The zero-order chi connectivity index (χ0) is 25.6. The lowest BCUT2D eigenvalue weighted by Gasteiger charge is -2.35. The van der Waals surface area contributed by atoms with E-state index in [4.69, 9.17) is 0 Å². The van der Waals surface area contributed by atoms with Gasteiger partial charge in [-0.05, 0) is 74.9 Å². The van der Waals surface area contributed by atoms with Crippen LogP contribution < -0.4 is 15.5 Å². The van der Waals surface area contributed by atoms with Gasteiger partial charge in [-0.15, -0.1) is 0 Å². The lowest BCUT2D eigenvalue weighted by Crippen LogP contribution is -2.42. The van der Waals surface area contributed by atoms with Crippen molar-refractivity contribution in [1.29, 1.82) is 0 Å². The molecule has 1 saturated carbocycles. The van der Waals surface area contributed by atoms with E-state index in [1.807, 2.05) is 41.3 Å². The highest BCUT2D eigenvalue weighted by Crippen LogP contribution is 2.35. The number of amides is 2. The van der Waals surface area contributed by atoms with E-state index in [0.29, 0.717) is 29.8 Å². The maximum Gasteiger partial charge on any atom is 0.274 e. The molecule has 37 heavy (non-hydrogen) atoms. The van der Waals surface area contributed by atoms with Gasteiger partial charge in [0.15, 0.2) is 0 Å². The fraction of sp³-hybridized carbons (Fsp3) is 0.500. The molecule has 2 amide bonds. The Morgan fingerprint density at radius 1 is 1.08 bits per heavy atom. The summed E-state index contributed by atoms with van der Waals surface area (Å²) in [4.78, 5) is 34.8. The first-order valence-electron chi connectivity index (χ1n) is 14.0. The van der Waals surface area contributed by atoms with Crippen LogP contribution in [0, 0.1) is 5.92 Å². The monoisotopic (exact) mass is 501 g/mol. The van der Waals surface area contributed by atoms with Crippen LogP contribution in [0.25, 0.3) is 6.08 Å². The predicted octanol–water partition coefficient (Wildman–Crippen LogP) is 5.07. The molecule has 196 valence electrons. The van der Waals surface area contributed by atoms with Crippen LogP contribution in [0.5, 0.6) is 0 Å². The summed E-state index contributed by atoms with van der Waals surface area (Å²) >= 11 is 0. The minimum absolute atomic E-state index is 0.0279. The smallest absolute Gasteiger partial charge is 0.274 e. The number of carbonyl (C=O) groups excluding carboxylic acids is 2. The molecule has 1 unspecified atom stereocenters. The minimum atomic E-state index is -0.0594. The lowest BCUT2D eigenvalue weighted by molar-refractivity contribution is -0.115. The Morgan fingerprint density at radius 2 is 1.86 bits per heavy atom. The third kappa shape index (κ3) is 6.21. The van der Waals surface area contributed by atoms with Crippen molar-refractivity contribution in [3.63, 3.8) is 0 Å². The first-order valence-corrected chi connectivity index (χ1v) is 14.0. The van der Waals surface area contributed by atoms with Crippen molar-refractivity contribution in [2.24, 2.45) is 5.92 Å². The molecule has 1 aromatic carbocycles. The number of likely N-dealkylation sites (tertiary alicyclic amines) is 1. The molecule has 1 aliphatic carbocycles. The Balaban J connectivity index is 1.24. The van der Waals surface area contributed by atoms with Gasteiger partial charge in [-0.25, -0.2) is 0 Å². The summed E-state index contributed by atoms with van der Waals surface area (Å²) in [6, 6.07) is 9.97. The third-order valence-electron chi connectivity index (χ3n) is 8.11. The largest absolute Gasteiger partial charge is 0.351 e. The molecule has 1 aromatic heterocycles. The average molecular weight is 502 g/mol. The second-order valence-electron chi connectivity index (χ2n) is 10.8. The summed E-state index contributed by atoms with van der Waals surface area (Å²) in [5.41, 5.74) is 3.80. The number of rotatable bonds is 7. The molecule has 1 atom stereocenters. The number of benzene rings is 1. The van der Waals surface area contributed by atoms with E-state index in [2.05, 4.69) is 27.4 Å². The van der Waals surface area contributed by atoms with Crippen LogP contribution in [0.1, 0.15) is 74.2 Å². The van der Waals surface area contributed by atoms with Crippen molar-refractivity contribution in [3.8, 4) is 0 Å². The summed E-state index contributed by atoms with van der Waals surface area (Å²) < 4.78 is 0. The van der Waals surface area contributed by atoms with Crippen molar-refractivity contribution in [2.45, 2.75) is 64.3 Å². The lowest BCUT2D eigenvalue weighted by atomic mass is 9.88. The fourth-order valence-electron chi connectivity index (χ4n) is 5.87. The van der Waals surface area contributed by atoms with Crippen LogP contribution in [0.15, 0.2) is 48.4 Å². The molecule has 3 heterocycles. The molecule has 1 saturated heterocycles. The van der Waals surface area contributed by atoms with E-state index < -0.39 is 0 Å². The molecule has 7 nitrogen and oxygen atoms in total. The Hall–Kier alpha value is -3.19. The van der Waals surface area contributed by atoms with Gasteiger partial charge in [-0.2, -0.15) is 0 Å². The summed E-state index contributed by atoms with van der Waals surface area (Å²) in [6.07, 6.45) is 15.3. The van der Waals surface area contributed by atoms with Crippen LogP contribution in [0.2, 0.25) is 0 Å². The highest BCUT2D eigenvalue weighted by atomic mass is 16.2. The maximum atomic E-state index is 13.5. The van der Waals surface area contributed by atoms with Crippen LogP contribution in [0.4, 0.5) is 11.4 Å². The number of hydrogen-bond donors (Lipinski definition) is 2. The van der Waals surface area contributed by atoms with E-state index in [0.717, 1.165) is 36.6 Å². The number of carbonyl (C=O) groups is 2. The molecule has 3 aliphatic rings. The average Bonchev–Trinajstić information content (AvgIpc) is 2.93. The number of nitrogens with one attached hydrogen (secondary N) is 2. The molecule has 2 aromatic rings. The molecule has 2 aliphatic heterocycles. The van der Waals surface area contributed by atoms with Crippen molar-refractivity contribution in [3.05, 3.63) is 59.5 Å². The van der Waals surface area contributed by atoms with Gasteiger partial charge in [-0.3, -0.25) is 19.5 Å². The highest BCUT2D eigenvalue weighted by Gasteiger charge is 2.30. The van der Waals surface area contributed by atoms with E-state index in [9.17, 15) is 9.59 Å². The molecular formula is C30H39N5O2. The zero-order valence-electron chi connectivity index (χ0n) is 21.9. The molecule has 5 rings (SSSR count). The van der Waals surface area contributed by atoms with E-state index >= 15 is 0 Å². The number of anilines is 2. The second-order valence-corrected chi connectivity index (χ2v) is 10.8. The number of nitrogens with zero attached hydrogens (tertiary/aromatic N) is 3. The van der Waals surface area contributed by atoms with Gasteiger partial charge in [0.25, 0.3) is 11.8 Å². The quantitative estimate of drug-likeness (QED) is 0.518. The van der Waals surface area contributed by atoms with Gasteiger partial charge >= 0.3 is 0 Å². The standard InChI is InChI=1S/C30H39N5O2/c1-22-7-5-6-17-34(22)18-16-32-29(36)25-12-10-23(11-13-25)19-27-30(37)35(21-24-8-3-2-4-9-24)28-20-31-15-14-26(28)33-27/h10-15,19-20,22,24,33H,2-9,16-18,21H2,1H3,(H,32,36)/b27-19-. The molecule has 2 N–H and O–H groups in total. The van der Waals surface area contributed by atoms with Crippen LogP contribution >= 0.6 is 0 Å². The predicted molar refractivity (Wildman–Crippen MR) is 148 cm³/mol. The number of pyridine rings is 1. The fourth-order valence-corrected chi connectivity index (χ4v) is 5.87. The molecular weight excluding hydrogens is 462 g/mol. The summed E-state index contributed by atoms with van der Waals surface area (Å²) in [6.45, 7) is 5.65. The number of piperidine rings is 1. The van der Waals surface area contributed by atoms with Crippen molar-refractivity contribution < 1.29 is 9.59 Å². The van der Waals surface area contributed by atoms with Crippen molar-refractivity contribution in [2.75, 3.05) is 36.4 Å². The second kappa shape index (κ2) is 11.9. The Labute approximate surface area is 220 Å². The Bertz CT molecular complexity index is 1120. The number of fused-ring (bicyclic) bond motifs is 1. The van der Waals surface area contributed by atoms with Gasteiger partial charge in [0.05, 0.1) is 17.6 Å². The highest BCUT2D eigenvalue weighted by molar-refractivity contribution is 6.15. The van der Waals surface area contributed by atoms with Crippen LogP contribution in [-0.4, -0.2) is 53.9 Å². The first kappa shape index (κ1) is 25.5. The molecule has 0 spiro atoms. The summed E-state index contributed by atoms with van der Waals surface area (Å²) in [5.74, 6) is 0.441. The molecule has 0 bridgehead atoms. The third-order valence-corrected chi connectivity index (χ3v) is 8.11. The van der Waals surface area contributed by atoms with E-state index in [1.165, 1.54) is 51.4 Å². The van der Waals surface area contributed by atoms with Gasteiger partial charge < -0.3 is 15.5 Å². The molecule has 0 radical (unpaired) electrons. The van der Waals surface area contributed by atoms with E-state index in [1.54, 1.807) is 12.4 Å². The van der Waals surface area contributed by atoms with Crippen molar-refractivity contribution >= 4 is 29.3 Å². The Morgan fingerprint density at radius 3 is 2.65 bits per heavy atom. The normalized spacial score (nSPS) is 22.0. The summed E-state index contributed by atoms with van der Waals surface area (Å²) in [7, 11) is 0. The molecule has 2 fully saturated rings. The first-order chi connectivity index (χ1) is 18.1. The Kier molecular flexibility index (Phi) is 8.19. The van der Waals surface area contributed by atoms with E-state index in [-0.39, 0.29) is 11.8 Å². The van der Waals surface area contributed by atoms with Gasteiger partial charge in [-0.1, -0.05) is 37.8 Å². The maximum absolute atomic E-state index is 13.5.